The molecule has 1 amide bonds. The third kappa shape index (κ3) is 3.05. The first-order valence-corrected chi connectivity index (χ1v) is 7.54. The zero-order valence-corrected chi connectivity index (χ0v) is 11.9. The molecule has 0 radical (unpaired) electrons. The van der Waals surface area contributed by atoms with Crippen LogP contribution >= 0.6 is 11.3 Å². The maximum atomic E-state index is 12.0. The summed E-state index contributed by atoms with van der Waals surface area (Å²) < 4.78 is 5.36. The Morgan fingerprint density at radius 1 is 1.25 bits per heavy atom. The highest BCUT2D eigenvalue weighted by molar-refractivity contribution is 7.15. The van der Waals surface area contributed by atoms with Gasteiger partial charge in [0.1, 0.15) is 0 Å². The molecule has 0 spiro atoms. The summed E-state index contributed by atoms with van der Waals surface area (Å²) in [7, 11) is 0. The monoisotopic (exact) mass is 288 g/mol. The molecule has 1 fully saturated rings. The highest BCUT2D eigenvalue weighted by atomic mass is 32.1. The van der Waals surface area contributed by atoms with E-state index in [2.05, 4.69) is 10.3 Å². The van der Waals surface area contributed by atoms with Crippen molar-refractivity contribution in [2.45, 2.75) is 18.8 Å². The highest BCUT2D eigenvalue weighted by Crippen LogP contribution is 2.32. The third-order valence-electron chi connectivity index (χ3n) is 3.40. The normalized spacial score (nSPS) is 16.0. The molecule has 3 rings (SSSR count). The van der Waals surface area contributed by atoms with Crippen molar-refractivity contribution in [3.63, 3.8) is 0 Å². The maximum Gasteiger partial charge on any atom is 0.257 e. The molecule has 0 aliphatic carbocycles. The second kappa shape index (κ2) is 6.15. The number of carbonyl (C=O) groups excluding carboxylic acids is 1. The summed E-state index contributed by atoms with van der Waals surface area (Å²) >= 11 is 1.56. The lowest BCUT2D eigenvalue weighted by Gasteiger charge is -2.20. The van der Waals surface area contributed by atoms with Gasteiger partial charge in [-0.25, -0.2) is 4.98 Å². The average Bonchev–Trinajstić information content (AvgIpc) is 2.97. The minimum Gasteiger partial charge on any atom is -0.381 e. The van der Waals surface area contributed by atoms with Gasteiger partial charge in [0, 0.05) is 29.9 Å². The molecule has 0 atom stereocenters. The molecule has 4 nitrogen and oxygen atoms in total. The minimum absolute atomic E-state index is 0.113. The van der Waals surface area contributed by atoms with Gasteiger partial charge in [-0.15, -0.1) is 11.3 Å². The molecule has 1 aliphatic rings. The van der Waals surface area contributed by atoms with Crippen LogP contribution in [0.15, 0.2) is 36.5 Å². The van der Waals surface area contributed by atoms with Gasteiger partial charge in [-0.05, 0) is 30.9 Å². The molecule has 1 saturated heterocycles. The summed E-state index contributed by atoms with van der Waals surface area (Å²) in [6, 6.07) is 9.18. The van der Waals surface area contributed by atoms with Crippen molar-refractivity contribution in [1.29, 1.82) is 0 Å². The van der Waals surface area contributed by atoms with Crippen molar-refractivity contribution in [3.05, 3.63) is 47.0 Å². The van der Waals surface area contributed by atoms with E-state index in [1.807, 2.05) is 24.4 Å². The molecule has 20 heavy (non-hydrogen) atoms. The summed E-state index contributed by atoms with van der Waals surface area (Å²) in [6.45, 7) is 1.63. The van der Waals surface area contributed by atoms with Crippen LogP contribution in [0.2, 0.25) is 0 Å². The van der Waals surface area contributed by atoms with Crippen molar-refractivity contribution in [2.75, 3.05) is 18.5 Å². The molecule has 104 valence electrons. The molecule has 0 bridgehead atoms. The second-order valence-electron chi connectivity index (χ2n) is 4.77. The van der Waals surface area contributed by atoms with E-state index in [0.717, 1.165) is 26.1 Å². The lowest BCUT2D eigenvalue weighted by atomic mass is 9.99. The van der Waals surface area contributed by atoms with Crippen molar-refractivity contribution in [2.24, 2.45) is 0 Å². The largest absolute Gasteiger partial charge is 0.381 e. The standard InChI is InChI=1S/C15H16N2O2S/c18-14(12-4-2-1-3-5-12)17-15-16-10-13(20-15)11-6-8-19-9-7-11/h1-5,10-11H,6-9H2,(H,16,17,18). The number of carbonyl (C=O) groups is 1. The van der Waals surface area contributed by atoms with E-state index in [9.17, 15) is 4.79 Å². The van der Waals surface area contributed by atoms with Crippen LogP contribution in [0, 0.1) is 0 Å². The van der Waals surface area contributed by atoms with Crippen LogP contribution in [0.3, 0.4) is 0 Å². The molecule has 1 aromatic heterocycles. The highest BCUT2D eigenvalue weighted by Gasteiger charge is 2.19. The Morgan fingerprint density at radius 3 is 2.75 bits per heavy atom. The van der Waals surface area contributed by atoms with Gasteiger partial charge < -0.3 is 4.74 Å². The van der Waals surface area contributed by atoms with Gasteiger partial charge >= 0.3 is 0 Å². The molecule has 5 heteroatoms. The molecule has 1 aromatic carbocycles. The van der Waals surface area contributed by atoms with Crippen molar-refractivity contribution in [1.82, 2.24) is 4.98 Å². The number of nitrogens with zero attached hydrogens (tertiary/aromatic N) is 1. The number of aromatic nitrogens is 1. The van der Waals surface area contributed by atoms with Gasteiger partial charge in [-0.2, -0.15) is 0 Å². The first-order valence-electron chi connectivity index (χ1n) is 6.73. The van der Waals surface area contributed by atoms with E-state index in [1.54, 1.807) is 23.5 Å². The molecule has 0 saturated carbocycles. The fourth-order valence-electron chi connectivity index (χ4n) is 2.27. The Bertz CT molecular complexity index is 577. The van der Waals surface area contributed by atoms with E-state index < -0.39 is 0 Å². The number of nitrogens with one attached hydrogen (secondary N) is 1. The Labute approximate surface area is 121 Å². The molecule has 1 N–H and O–H groups in total. The number of amides is 1. The quantitative estimate of drug-likeness (QED) is 0.943. The Hall–Kier alpha value is -1.72. The summed E-state index contributed by atoms with van der Waals surface area (Å²) in [5.74, 6) is 0.405. The lowest BCUT2D eigenvalue weighted by Crippen LogP contribution is -2.13. The Morgan fingerprint density at radius 2 is 2.00 bits per heavy atom. The van der Waals surface area contributed by atoms with Crippen molar-refractivity contribution in [3.8, 4) is 0 Å². The van der Waals surface area contributed by atoms with Crippen LogP contribution in [-0.2, 0) is 4.74 Å². The predicted octanol–water partition coefficient (Wildman–Crippen LogP) is 3.29. The SMILES string of the molecule is O=C(Nc1ncc(C2CCOCC2)s1)c1ccccc1. The summed E-state index contributed by atoms with van der Waals surface area (Å²) in [4.78, 5) is 17.6. The molecular weight excluding hydrogens is 272 g/mol. The number of hydrogen-bond acceptors (Lipinski definition) is 4. The van der Waals surface area contributed by atoms with Crippen molar-refractivity contribution < 1.29 is 9.53 Å². The first kappa shape index (κ1) is 13.3. The molecule has 1 aliphatic heterocycles. The first-order chi connectivity index (χ1) is 9.83. The Kier molecular flexibility index (Phi) is 4.08. The topological polar surface area (TPSA) is 51.2 Å². The van der Waals surface area contributed by atoms with Crippen LogP contribution in [0.1, 0.15) is 34.0 Å². The van der Waals surface area contributed by atoms with Gasteiger partial charge in [-0.1, -0.05) is 18.2 Å². The lowest BCUT2D eigenvalue weighted by molar-refractivity contribution is 0.0859. The number of benzene rings is 1. The Balaban J connectivity index is 1.66. The van der Waals surface area contributed by atoms with Gasteiger partial charge in [0.25, 0.3) is 5.91 Å². The zero-order valence-electron chi connectivity index (χ0n) is 11.0. The molecule has 2 heterocycles. The average molecular weight is 288 g/mol. The fourth-order valence-corrected chi connectivity index (χ4v) is 3.25. The van der Waals surface area contributed by atoms with Gasteiger partial charge in [0.2, 0.25) is 0 Å². The summed E-state index contributed by atoms with van der Waals surface area (Å²) in [5.41, 5.74) is 0.648. The van der Waals surface area contributed by atoms with Crippen LogP contribution in [0.5, 0.6) is 0 Å². The second-order valence-corrected chi connectivity index (χ2v) is 5.84. The molecular formula is C15H16N2O2S. The van der Waals surface area contributed by atoms with Crippen LogP contribution < -0.4 is 5.32 Å². The maximum absolute atomic E-state index is 12.0. The van der Waals surface area contributed by atoms with Gasteiger partial charge in [0.15, 0.2) is 5.13 Å². The van der Waals surface area contributed by atoms with E-state index in [0.29, 0.717) is 16.6 Å². The number of anilines is 1. The smallest absolute Gasteiger partial charge is 0.257 e. The number of rotatable bonds is 3. The van der Waals surface area contributed by atoms with Gasteiger partial charge in [-0.3, -0.25) is 10.1 Å². The zero-order chi connectivity index (χ0) is 13.8. The number of thiazole rings is 1. The predicted molar refractivity (Wildman–Crippen MR) is 79.3 cm³/mol. The summed E-state index contributed by atoms with van der Waals surface area (Å²) in [6.07, 6.45) is 3.95. The van der Waals surface area contributed by atoms with Gasteiger partial charge in [0.05, 0.1) is 0 Å². The third-order valence-corrected chi connectivity index (χ3v) is 4.48. The summed E-state index contributed by atoms with van der Waals surface area (Å²) in [5, 5.41) is 3.52. The number of ether oxygens (including phenoxy) is 1. The molecule has 0 unspecified atom stereocenters. The minimum atomic E-state index is -0.113. The van der Waals surface area contributed by atoms with E-state index in [-0.39, 0.29) is 5.91 Å². The number of hydrogen-bond donors (Lipinski definition) is 1. The van der Waals surface area contributed by atoms with Crippen molar-refractivity contribution >= 4 is 22.4 Å². The van der Waals surface area contributed by atoms with E-state index in [1.165, 1.54) is 4.88 Å². The van der Waals surface area contributed by atoms with E-state index >= 15 is 0 Å². The van der Waals surface area contributed by atoms with Crippen LogP contribution in [-0.4, -0.2) is 24.1 Å². The molecule has 2 aromatic rings. The van der Waals surface area contributed by atoms with Crippen LogP contribution in [0.25, 0.3) is 0 Å². The fraction of sp³-hybridized carbons (Fsp3) is 0.333. The van der Waals surface area contributed by atoms with E-state index in [4.69, 9.17) is 4.74 Å². The van der Waals surface area contributed by atoms with Crippen LogP contribution in [0.4, 0.5) is 5.13 Å².